The maximum absolute atomic E-state index is 14.2. The summed E-state index contributed by atoms with van der Waals surface area (Å²) in [6.07, 6.45) is 0. The van der Waals surface area contributed by atoms with Crippen LogP contribution in [0.1, 0.15) is 11.1 Å². The summed E-state index contributed by atoms with van der Waals surface area (Å²) in [5.74, 6) is -0.432. The Morgan fingerprint density at radius 2 is 1.39 bits per heavy atom. The molecule has 190 valence electrons. The molecule has 1 amide bonds. The van der Waals surface area contributed by atoms with Crippen molar-refractivity contribution in [3.8, 4) is 11.1 Å². The van der Waals surface area contributed by atoms with Crippen molar-refractivity contribution < 1.29 is 13.2 Å². The van der Waals surface area contributed by atoms with Gasteiger partial charge in [0.2, 0.25) is 5.91 Å². The number of benzene rings is 5. The molecule has 0 aliphatic carbocycles. The van der Waals surface area contributed by atoms with Gasteiger partial charge in [-0.1, -0.05) is 97.1 Å². The van der Waals surface area contributed by atoms with Crippen molar-refractivity contribution in [2.45, 2.75) is 18.7 Å². The number of rotatable bonds is 7. The van der Waals surface area contributed by atoms with E-state index in [1.54, 1.807) is 24.3 Å². The average molecular weight is 521 g/mol. The van der Waals surface area contributed by atoms with Gasteiger partial charge in [-0.2, -0.15) is 0 Å². The van der Waals surface area contributed by atoms with Crippen molar-refractivity contribution in [1.82, 2.24) is 0 Å². The number of nitrogens with zero attached hydrogens (tertiary/aromatic N) is 1. The van der Waals surface area contributed by atoms with Gasteiger partial charge in [0.05, 0.1) is 10.6 Å². The van der Waals surface area contributed by atoms with Crippen molar-refractivity contribution in [2.24, 2.45) is 0 Å². The highest BCUT2D eigenvalue weighted by Gasteiger charge is 2.30. The molecule has 5 aromatic rings. The fourth-order valence-corrected chi connectivity index (χ4v) is 6.32. The van der Waals surface area contributed by atoms with Gasteiger partial charge in [-0.3, -0.25) is 9.10 Å². The smallest absolute Gasteiger partial charge is 0.265 e. The first-order chi connectivity index (χ1) is 18.4. The Morgan fingerprint density at radius 3 is 2.21 bits per heavy atom. The summed E-state index contributed by atoms with van der Waals surface area (Å²) in [7, 11) is -4.10. The molecule has 0 saturated heterocycles. The molecule has 1 N–H and O–H groups in total. The van der Waals surface area contributed by atoms with Gasteiger partial charge in [-0.05, 0) is 54.1 Å². The van der Waals surface area contributed by atoms with E-state index in [0.717, 1.165) is 27.6 Å². The number of carbonyl (C=O) groups is 1. The number of para-hydroxylation sites is 1. The summed E-state index contributed by atoms with van der Waals surface area (Å²) < 4.78 is 29.7. The first kappa shape index (κ1) is 25.2. The highest BCUT2D eigenvalue weighted by molar-refractivity contribution is 7.93. The number of hydrogen-bond acceptors (Lipinski definition) is 3. The predicted octanol–water partition coefficient (Wildman–Crippen LogP) is 6.96. The number of hydrogen-bond donors (Lipinski definition) is 1. The summed E-state index contributed by atoms with van der Waals surface area (Å²) in [6.45, 7) is 3.43. The highest BCUT2D eigenvalue weighted by atomic mass is 32.2. The fourth-order valence-electron chi connectivity index (χ4n) is 4.63. The van der Waals surface area contributed by atoms with Crippen LogP contribution >= 0.6 is 0 Å². The van der Waals surface area contributed by atoms with Gasteiger partial charge in [0, 0.05) is 16.6 Å². The normalized spacial score (nSPS) is 11.3. The fraction of sp³-hybridized carbons (Fsp3) is 0.0938. The lowest BCUT2D eigenvalue weighted by molar-refractivity contribution is -0.114. The second kappa shape index (κ2) is 10.5. The molecule has 0 unspecified atom stereocenters. The van der Waals surface area contributed by atoms with E-state index in [0.29, 0.717) is 16.8 Å². The zero-order valence-corrected chi connectivity index (χ0v) is 22.1. The molecule has 0 heterocycles. The molecule has 6 heteroatoms. The minimum atomic E-state index is -4.10. The lowest BCUT2D eigenvalue weighted by Crippen LogP contribution is -2.38. The molecular weight excluding hydrogens is 492 g/mol. The zero-order chi connectivity index (χ0) is 26.7. The Balaban J connectivity index is 1.56. The molecule has 0 radical (unpaired) electrons. The highest BCUT2D eigenvalue weighted by Crippen LogP contribution is 2.32. The number of anilines is 2. The summed E-state index contributed by atoms with van der Waals surface area (Å²) in [4.78, 5) is 13.7. The first-order valence-corrected chi connectivity index (χ1v) is 13.8. The molecule has 0 bridgehead atoms. The van der Waals surface area contributed by atoms with Gasteiger partial charge in [0.25, 0.3) is 10.0 Å². The van der Waals surface area contributed by atoms with Gasteiger partial charge in [0.1, 0.15) is 6.54 Å². The van der Waals surface area contributed by atoms with Gasteiger partial charge >= 0.3 is 0 Å². The zero-order valence-electron chi connectivity index (χ0n) is 21.3. The SMILES string of the molecule is Cc1cccc(N(CC(=O)Nc2ccccc2-c2ccccc2)S(=O)(=O)c2cccc3ccccc23)c1C. The quantitative estimate of drug-likeness (QED) is 0.252. The topological polar surface area (TPSA) is 66.5 Å². The minimum Gasteiger partial charge on any atom is -0.324 e. The van der Waals surface area contributed by atoms with Crippen LogP contribution in [-0.2, 0) is 14.8 Å². The molecule has 0 fully saturated rings. The van der Waals surface area contributed by atoms with E-state index in [9.17, 15) is 13.2 Å². The number of amides is 1. The average Bonchev–Trinajstić information content (AvgIpc) is 2.94. The van der Waals surface area contributed by atoms with Gasteiger partial charge in [0.15, 0.2) is 0 Å². The Kier molecular flexibility index (Phi) is 6.99. The van der Waals surface area contributed by atoms with E-state index in [-0.39, 0.29) is 11.4 Å². The Bertz CT molecular complexity index is 1730. The Labute approximate surface area is 223 Å². The Hall–Kier alpha value is -4.42. The molecular formula is C32H28N2O3S. The molecule has 5 nitrogen and oxygen atoms in total. The van der Waals surface area contributed by atoms with Gasteiger partial charge in [-0.15, -0.1) is 0 Å². The standard InChI is InChI=1S/C32H28N2O3S/c1-23-12-10-20-30(24(23)2)34(38(36,37)31-21-11-16-26-15-6-7-18-28(26)31)22-32(35)33-29-19-9-8-17-27(29)25-13-4-3-5-14-25/h3-21H,22H2,1-2H3,(H,33,35). The van der Waals surface area contributed by atoms with Gasteiger partial charge in [-0.25, -0.2) is 8.42 Å². The second-order valence-corrected chi connectivity index (χ2v) is 11.0. The third-order valence-electron chi connectivity index (χ3n) is 6.74. The molecule has 0 saturated carbocycles. The third kappa shape index (κ3) is 4.91. The summed E-state index contributed by atoms with van der Waals surface area (Å²) >= 11 is 0. The molecule has 38 heavy (non-hydrogen) atoms. The van der Waals surface area contributed by atoms with Crippen LogP contribution in [-0.4, -0.2) is 20.9 Å². The lowest BCUT2D eigenvalue weighted by atomic mass is 10.0. The maximum Gasteiger partial charge on any atom is 0.265 e. The third-order valence-corrected chi connectivity index (χ3v) is 8.55. The van der Waals surface area contributed by atoms with Gasteiger partial charge < -0.3 is 5.32 Å². The number of carbonyl (C=O) groups excluding carboxylic acids is 1. The number of fused-ring (bicyclic) bond motifs is 1. The van der Waals surface area contributed by atoms with E-state index in [1.807, 2.05) is 105 Å². The molecule has 0 aliphatic rings. The maximum atomic E-state index is 14.2. The van der Waals surface area contributed by atoms with E-state index >= 15 is 0 Å². The van der Waals surface area contributed by atoms with Crippen molar-refractivity contribution in [1.29, 1.82) is 0 Å². The summed E-state index contributed by atoms with van der Waals surface area (Å²) in [5, 5.41) is 4.39. The molecule has 0 atom stereocenters. The van der Waals surface area contributed by atoms with Crippen molar-refractivity contribution >= 4 is 38.1 Å². The van der Waals surface area contributed by atoms with Crippen LogP contribution in [0.5, 0.6) is 0 Å². The van der Waals surface area contributed by atoms with Crippen molar-refractivity contribution in [3.63, 3.8) is 0 Å². The van der Waals surface area contributed by atoms with Crippen molar-refractivity contribution in [3.05, 3.63) is 126 Å². The van der Waals surface area contributed by atoms with Crippen LogP contribution in [0.3, 0.4) is 0 Å². The molecule has 0 aliphatic heterocycles. The second-order valence-electron chi connectivity index (χ2n) is 9.17. The largest absolute Gasteiger partial charge is 0.324 e. The van der Waals surface area contributed by atoms with Crippen LogP contribution in [0.25, 0.3) is 21.9 Å². The van der Waals surface area contributed by atoms with Crippen LogP contribution in [0.15, 0.2) is 120 Å². The molecule has 0 spiro atoms. The van der Waals surface area contributed by atoms with E-state index in [4.69, 9.17) is 0 Å². The monoisotopic (exact) mass is 520 g/mol. The minimum absolute atomic E-state index is 0.161. The van der Waals surface area contributed by atoms with E-state index in [2.05, 4.69) is 5.32 Å². The van der Waals surface area contributed by atoms with Crippen LogP contribution in [0.4, 0.5) is 11.4 Å². The number of aryl methyl sites for hydroxylation is 1. The first-order valence-electron chi connectivity index (χ1n) is 12.4. The summed E-state index contributed by atoms with van der Waals surface area (Å²) in [5.41, 5.74) is 4.65. The molecule has 5 rings (SSSR count). The summed E-state index contributed by atoms with van der Waals surface area (Å²) in [6, 6.07) is 35.3. The van der Waals surface area contributed by atoms with Crippen LogP contribution < -0.4 is 9.62 Å². The Morgan fingerprint density at radius 1 is 0.737 bits per heavy atom. The van der Waals surface area contributed by atoms with Crippen LogP contribution in [0, 0.1) is 13.8 Å². The predicted molar refractivity (Wildman–Crippen MR) is 155 cm³/mol. The number of sulfonamides is 1. The van der Waals surface area contributed by atoms with E-state index < -0.39 is 15.9 Å². The molecule has 0 aromatic heterocycles. The van der Waals surface area contributed by atoms with Crippen molar-refractivity contribution in [2.75, 3.05) is 16.2 Å². The molecule has 5 aromatic carbocycles. The lowest BCUT2D eigenvalue weighted by Gasteiger charge is -2.27. The van der Waals surface area contributed by atoms with Crippen LogP contribution in [0.2, 0.25) is 0 Å². The van der Waals surface area contributed by atoms with E-state index in [1.165, 1.54) is 4.31 Å². The number of nitrogens with one attached hydrogen (secondary N) is 1.